The fourth-order valence-electron chi connectivity index (χ4n) is 3.66. The Morgan fingerprint density at radius 2 is 1.83 bits per heavy atom. The van der Waals surface area contributed by atoms with Crippen LogP contribution in [0.25, 0.3) is 0 Å². The summed E-state index contributed by atoms with van der Waals surface area (Å²) in [6, 6.07) is 3.64. The molecule has 0 saturated carbocycles. The number of methoxy groups -OCH3 is 2. The highest BCUT2D eigenvalue weighted by Gasteiger charge is 2.31. The van der Waals surface area contributed by atoms with E-state index in [9.17, 15) is 9.59 Å². The largest absolute Gasteiger partial charge is 0.493 e. The van der Waals surface area contributed by atoms with Gasteiger partial charge in [0.15, 0.2) is 11.5 Å². The van der Waals surface area contributed by atoms with Crippen LogP contribution in [0.2, 0.25) is 0 Å². The molecule has 1 unspecified atom stereocenters. The quantitative estimate of drug-likeness (QED) is 0.788. The van der Waals surface area contributed by atoms with Gasteiger partial charge in [-0.3, -0.25) is 4.79 Å². The van der Waals surface area contributed by atoms with Gasteiger partial charge in [0.25, 0.3) is 0 Å². The van der Waals surface area contributed by atoms with Crippen LogP contribution in [0.1, 0.15) is 58.2 Å². The van der Waals surface area contributed by atoms with E-state index in [2.05, 4.69) is 5.32 Å². The zero-order valence-corrected chi connectivity index (χ0v) is 18.8. The Balaban J connectivity index is 2.18. The summed E-state index contributed by atoms with van der Waals surface area (Å²) in [6.07, 6.45) is 1.54. The average molecular weight is 406 g/mol. The molecular formula is C22H35N3O4. The molecule has 1 N–H and O–H groups in total. The lowest BCUT2D eigenvalue weighted by molar-refractivity contribution is -0.134. The SMILES string of the molecule is CCCN(CC(=O)N1CCc2cc(OC)c(OC)cc2C1C)C(=O)NC(C)(C)C. The zero-order chi connectivity index (χ0) is 21.8. The molecule has 2 rings (SSSR count). The van der Waals surface area contributed by atoms with Crippen molar-refractivity contribution in [1.29, 1.82) is 0 Å². The van der Waals surface area contributed by atoms with Crippen molar-refractivity contribution in [1.82, 2.24) is 15.1 Å². The number of ether oxygens (including phenoxy) is 2. The minimum Gasteiger partial charge on any atom is -0.493 e. The average Bonchev–Trinajstić information content (AvgIpc) is 2.65. The van der Waals surface area contributed by atoms with Crippen LogP contribution in [0.5, 0.6) is 11.5 Å². The third kappa shape index (κ3) is 5.55. The monoisotopic (exact) mass is 405 g/mol. The number of fused-ring (bicyclic) bond motifs is 1. The van der Waals surface area contributed by atoms with Gasteiger partial charge in [0.2, 0.25) is 5.91 Å². The molecule has 0 aliphatic carbocycles. The van der Waals surface area contributed by atoms with Crippen molar-refractivity contribution < 1.29 is 19.1 Å². The van der Waals surface area contributed by atoms with E-state index in [0.29, 0.717) is 24.6 Å². The zero-order valence-electron chi connectivity index (χ0n) is 18.8. The Kier molecular flexibility index (Phi) is 7.38. The predicted molar refractivity (Wildman–Crippen MR) is 114 cm³/mol. The molecule has 1 atom stereocenters. The first-order chi connectivity index (χ1) is 13.6. The highest BCUT2D eigenvalue weighted by atomic mass is 16.5. The Labute approximate surface area is 174 Å². The molecule has 1 aliphatic rings. The number of rotatable bonds is 6. The number of hydrogen-bond acceptors (Lipinski definition) is 4. The van der Waals surface area contributed by atoms with Gasteiger partial charge >= 0.3 is 6.03 Å². The molecule has 7 nitrogen and oxygen atoms in total. The normalized spacial score (nSPS) is 16.1. The van der Waals surface area contributed by atoms with Crippen LogP contribution >= 0.6 is 0 Å². The van der Waals surface area contributed by atoms with Crippen LogP contribution in [0.4, 0.5) is 4.79 Å². The smallest absolute Gasteiger partial charge is 0.318 e. The number of nitrogens with zero attached hydrogens (tertiary/aromatic N) is 2. The topological polar surface area (TPSA) is 71.1 Å². The van der Waals surface area contributed by atoms with Crippen molar-refractivity contribution in [2.75, 3.05) is 33.9 Å². The van der Waals surface area contributed by atoms with Gasteiger partial charge < -0.3 is 24.6 Å². The standard InChI is InChI=1S/C22H35N3O4/c1-8-10-24(21(27)23-22(3,4)5)14-20(26)25-11-9-16-12-18(28-6)19(29-7)13-17(16)15(25)2/h12-13,15H,8-11,14H2,1-7H3,(H,23,27). The molecule has 7 heteroatoms. The van der Waals surface area contributed by atoms with Crippen molar-refractivity contribution in [3.63, 3.8) is 0 Å². The first kappa shape index (κ1) is 22.8. The number of nitrogens with one attached hydrogen (secondary N) is 1. The van der Waals surface area contributed by atoms with Gasteiger partial charge in [0.05, 0.1) is 20.3 Å². The highest BCUT2D eigenvalue weighted by molar-refractivity contribution is 5.85. The second-order valence-corrected chi connectivity index (χ2v) is 8.52. The van der Waals surface area contributed by atoms with Crippen molar-refractivity contribution in [3.05, 3.63) is 23.3 Å². The summed E-state index contributed by atoms with van der Waals surface area (Å²) in [7, 11) is 3.23. The highest BCUT2D eigenvalue weighted by Crippen LogP contribution is 2.37. The molecule has 29 heavy (non-hydrogen) atoms. The summed E-state index contributed by atoms with van der Waals surface area (Å²) in [4.78, 5) is 29.2. The number of urea groups is 1. The maximum absolute atomic E-state index is 13.1. The molecule has 0 bridgehead atoms. The van der Waals surface area contributed by atoms with E-state index < -0.39 is 0 Å². The first-order valence-electron chi connectivity index (χ1n) is 10.2. The molecule has 0 radical (unpaired) electrons. The molecule has 0 spiro atoms. The fourth-order valence-corrected chi connectivity index (χ4v) is 3.66. The third-order valence-corrected chi connectivity index (χ3v) is 5.09. The van der Waals surface area contributed by atoms with Gasteiger partial charge in [-0.25, -0.2) is 4.79 Å². The Morgan fingerprint density at radius 1 is 1.21 bits per heavy atom. The summed E-state index contributed by atoms with van der Waals surface area (Å²) in [5.74, 6) is 1.31. The van der Waals surface area contributed by atoms with Crippen LogP contribution in [-0.4, -0.2) is 61.1 Å². The molecule has 162 valence electrons. The summed E-state index contributed by atoms with van der Waals surface area (Å²) in [5.41, 5.74) is 1.87. The van der Waals surface area contributed by atoms with Gasteiger partial charge in [-0.1, -0.05) is 6.92 Å². The number of carbonyl (C=O) groups excluding carboxylic acids is 2. The molecule has 1 aliphatic heterocycles. The van der Waals surface area contributed by atoms with E-state index in [1.165, 1.54) is 0 Å². The van der Waals surface area contributed by atoms with Gasteiger partial charge in [-0.2, -0.15) is 0 Å². The lowest BCUT2D eigenvalue weighted by atomic mass is 9.92. The number of benzene rings is 1. The van der Waals surface area contributed by atoms with E-state index in [0.717, 1.165) is 24.0 Å². The van der Waals surface area contributed by atoms with Gasteiger partial charge in [-0.15, -0.1) is 0 Å². The Morgan fingerprint density at radius 3 is 2.38 bits per heavy atom. The number of hydrogen-bond donors (Lipinski definition) is 1. The minimum atomic E-state index is -0.348. The second-order valence-electron chi connectivity index (χ2n) is 8.52. The van der Waals surface area contributed by atoms with Crippen LogP contribution in [0.15, 0.2) is 12.1 Å². The maximum atomic E-state index is 13.1. The molecule has 1 aromatic rings. The van der Waals surface area contributed by atoms with E-state index in [4.69, 9.17) is 9.47 Å². The third-order valence-electron chi connectivity index (χ3n) is 5.09. The fraction of sp³-hybridized carbons (Fsp3) is 0.636. The van der Waals surface area contributed by atoms with E-state index in [1.54, 1.807) is 19.1 Å². The molecule has 0 aromatic heterocycles. The lowest BCUT2D eigenvalue weighted by Gasteiger charge is -2.37. The van der Waals surface area contributed by atoms with E-state index >= 15 is 0 Å². The van der Waals surface area contributed by atoms with Crippen LogP contribution in [-0.2, 0) is 11.2 Å². The predicted octanol–water partition coefficient (Wildman–Crippen LogP) is 3.37. The first-order valence-corrected chi connectivity index (χ1v) is 10.2. The van der Waals surface area contributed by atoms with E-state index in [-0.39, 0.29) is 30.1 Å². The summed E-state index contributed by atoms with van der Waals surface area (Å²) >= 11 is 0. The number of carbonyl (C=O) groups is 2. The molecule has 1 aromatic carbocycles. The van der Waals surface area contributed by atoms with Crippen molar-refractivity contribution in [3.8, 4) is 11.5 Å². The van der Waals surface area contributed by atoms with Gasteiger partial charge in [0, 0.05) is 18.6 Å². The van der Waals surface area contributed by atoms with Crippen LogP contribution < -0.4 is 14.8 Å². The molecule has 0 saturated heterocycles. The van der Waals surface area contributed by atoms with Gasteiger partial charge in [-0.05, 0) is 63.8 Å². The Bertz CT molecular complexity index is 742. The van der Waals surface area contributed by atoms with Crippen molar-refractivity contribution >= 4 is 11.9 Å². The summed E-state index contributed by atoms with van der Waals surface area (Å²) in [5, 5.41) is 2.95. The van der Waals surface area contributed by atoms with Gasteiger partial charge in [0.1, 0.15) is 6.54 Å². The summed E-state index contributed by atoms with van der Waals surface area (Å²) in [6.45, 7) is 11.0. The minimum absolute atomic E-state index is 0.0459. The van der Waals surface area contributed by atoms with Crippen LogP contribution in [0.3, 0.4) is 0 Å². The van der Waals surface area contributed by atoms with E-state index in [1.807, 2.05) is 51.7 Å². The molecule has 3 amide bonds. The lowest BCUT2D eigenvalue weighted by Crippen LogP contribution is -2.52. The molecule has 1 heterocycles. The molecule has 0 fully saturated rings. The second kappa shape index (κ2) is 9.37. The van der Waals surface area contributed by atoms with Crippen molar-refractivity contribution in [2.24, 2.45) is 0 Å². The van der Waals surface area contributed by atoms with Crippen LogP contribution in [0, 0.1) is 0 Å². The van der Waals surface area contributed by atoms with Crippen molar-refractivity contribution in [2.45, 2.75) is 59.0 Å². The Hall–Kier alpha value is -2.44. The molecular weight excluding hydrogens is 370 g/mol. The maximum Gasteiger partial charge on any atom is 0.318 e. The summed E-state index contributed by atoms with van der Waals surface area (Å²) < 4.78 is 10.8. The number of amides is 3.